The molecule has 0 radical (unpaired) electrons. The van der Waals surface area contributed by atoms with E-state index in [4.69, 9.17) is 0 Å². The molecule has 122 valence electrons. The molecule has 22 heavy (non-hydrogen) atoms. The number of carbonyl (C=O) groups excluding carboxylic acids is 2. The van der Waals surface area contributed by atoms with Crippen molar-refractivity contribution >= 4 is 29.4 Å². The Morgan fingerprint density at radius 1 is 1.23 bits per heavy atom. The first-order chi connectivity index (χ1) is 10.4. The number of rotatable bonds is 7. The van der Waals surface area contributed by atoms with Crippen LogP contribution in [-0.2, 0) is 4.79 Å². The van der Waals surface area contributed by atoms with Crippen molar-refractivity contribution in [1.82, 2.24) is 10.6 Å². The van der Waals surface area contributed by atoms with Crippen molar-refractivity contribution in [2.45, 2.75) is 37.0 Å². The maximum atomic E-state index is 12.2. The fourth-order valence-electron chi connectivity index (χ4n) is 1.55. The quantitative estimate of drug-likeness (QED) is 0.673. The summed E-state index contributed by atoms with van der Waals surface area (Å²) >= 11 is 0.434. The number of hydrogen-bond donors (Lipinski definition) is 3. The predicted octanol–water partition coefficient (Wildman–Crippen LogP) is 3.04. The van der Waals surface area contributed by atoms with Gasteiger partial charge in [0, 0.05) is 17.1 Å². The van der Waals surface area contributed by atoms with Crippen molar-refractivity contribution in [2.75, 3.05) is 11.9 Å². The normalized spacial score (nSPS) is 11.9. The molecule has 0 aliphatic rings. The molecule has 0 aliphatic carbocycles. The minimum atomic E-state index is -2.48. The molecule has 1 rings (SSSR count). The van der Waals surface area contributed by atoms with Crippen LogP contribution in [0.5, 0.6) is 0 Å². The van der Waals surface area contributed by atoms with Gasteiger partial charge in [-0.25, -0.2) is 4.79 Å². The Bertz CT molecular complexity index is 497. The first-order valence-corrected chi connectivity index (χ1v) is 7.70. The van der Waals surface area contributed by atoms with Gasteiger partial charge in [-0.15, -0.1) is 0 Å². The molecule has 3 N–H and O–H groups in total. The summed E-state index contributed by atoms with van der Waals surface area (Å²) in [5.74, 6) is -2.75. The van der Waals surface area contributed by atoms with E-state index in [2.05, 4.69) is 16.0 Å². The van der Waals surface area contributed by atoms with Gasteiger partial charge in [0.2, 0.25) is 5.91 Å². The maximum Gasteiger partial charge on any atom is 0.319 e. The standard InChI is InChI=1S/C14H19F2N3O2S/c1-3-8-17-12(20)9(2)18-14(21)19-10-4-6-11(7-5-10)22-13(15)16/h4-7,9,13H,3,8H2,1-2H3,(H,17,20)(H2,18,19,21)/t9-/m1/s1. The number of thioether (sulfide) groups is 1. The third-order valence-corrected chi connectivity index (χ3v) is 3.35. The lowest BCUT2D eigenvalue weighted by Crippen LogP contribution is -2.46. The SMILES string of the molecule is CCCNC(=O)[C@@H](C)NC(=O)Nc1ccc(SC(F)F)cc1. The van der Waals surface area contributed by atoms with E-state index in [1.807, 2.05) is 6.92 Å². The fourth-order valence-corrected chi connectivity index (χ4v) is 2.05. The summed E-state index contributed by atoms with van der Waals surface area (Å²) in [7, 11) is 0. The van der Waals surface area contributed by atoms with E-state index in [-0.39, 0.29) is 5.91 Å². The number of urea groups is 1. The van der Waals surface area contributed by atoms with Crippen LogP contribution in [0.15, 0.2) is 29.2 Å². The smallest absolute Gasteiger partial charge is 0.319 e. The van der Waals surface area contributed by atoms with Gasteiger partial charge < -0.3 is 16.0 Å². The minimum absolute atomic E-state index is 0.263. The van der Waals surface area contributed by atoms with Gasteiger partial charge in [0.1, 0.15) is 6.04 Å². The molecule has 0 bridgehead atoms. The number of alkyl halides is 2. The molecule has 3 amide bonds. The van der Waals surface area contributed by atoms with Crippen molar-refractivity contribution in [2.24, 2.45) is 0 Å². The van der Waals surface area contributed by atoms with E-state index in [0.717, 1.165) is 6.42 Å². The van der Waals surface area contributed by atoms with Crippen LogP contribution >= 0.6 is 11.8 Å². The Morgan fingerprint density at radius 2 is 1.86 bits per heavy atom. The molecule has 0 fully saturated rings. The van der Waals surface area contributed by atoms with Crippen molar-refractivity contribution in [3.63, 3.8) is 0 Å². The molecule has 0 aromatic heterocycles. The second kappa shape index (κ2) is 9.24. The Labute approximate surface area is 132 Å². The van der Waals surface area contributed by atoms with E-state index >= 15 is 0 Å². The summed E-state index contributed by atoms with van der Waals surface area (Å²) in [5.41, 5.74) is 0.456. The third-order valence-electron chi connectivity index (χ3n) is 2.63. The van der Waals surface area contributed by atoms with E-state index < -0.39 is 17.8 Å². The van der Waals surface area contributed by atoms with Crippen LogP contribution in [-0.4, -0.2) is 30.3 Å². The second-order valence-corrected chi connectivity index (χ2v) is 5.58. The summed E-state index contributed by atoms with van der Waals surface area (Å²) in [5, 5.41) is 7.71. The zero-order valence-electron chi connectivity index (χ0n) is 12.4. The van der Waals surface area contributed by atoms with Crippen LogP contribution in [0.3, 0.4) is 0 Å². The average Bonchev–Trinajstić information content (AvgIpc) is 2.46. The summed E-state index contributed by atoms with van der Waals surface area (Å²) < 4.78 is 24.4. The van der Waals surface area contributed by atoms with Gasteiger partial charge in [-0.05, 0) is 37.6 Å². The minimum Gasteiger partial charge on any atom is -0.354 e. The molecule has 1 aromatic rings. The van der Waals surface area contributed by atoms with Crippen LogP contribution in [0.4, 0.5) is 19.3 Å². The first kappa shape index (κ1) is 18.2. The van der Waals surface area contributed by atoms with E-state index in [0.29, 0.717) is 28.9 Å². The lowest BCUT2D eigenvalue weighted by Gasteiger charge is -2.14. The Balaban J connectivity index is 2.46. The van der Waals surface area contributed by atoms with Gasteiger partial charge in [-0.2, -0.15) is 8.78 Å². The number of amides is 3. The Kier molecular flexibility index (Phi) is 7.65. The molecule has 1 aromatic carbocycles. The molecular weight excluding hydrogens is 312 g/mol. The summed E-state index contributed by atoms with van der Waals surface area (Å²) in [4.78, 5) is 23.8. The summed E-state index contributed by atoms with van der Waals surface area (Å²) in [6.45, 7) is 4.06. The highest BCUT2D eigenvalue weighted by molar-refractivity contribution is 7.99. The number of hydrogen-bond acceptors (Lipinski definition) is 3. The molecule has 1 atom stereocenters. The number of anilines is 1. The number of halogens is 2. The lowest BCUT2D eigenvalue weighted by atomic mass is 10.3. The van der Waals surface area contributed by atoms with Gasteiger partial charge >= 0.3 is 6.03 Å². The first-order valence-electron chi connectivity index (χ1n) is 6.82. The Morgan fingerprint density at radius 3 is 2.41 bits per heavy atom. The van der Waals surface area contributed by atoms with Gasteiger partial charge in [0.05, 0.1) is 0 Å². The maximum absolute atomic E-state index is 12.2. The second-order valence-electron chi connectivity index (χ2n) is 4.51. The molecule has 0 saturated heterocycles. The molecule has 0 aliphatic heterocycles. The van der Waals surface area contributed by atoms with Gasteiger partial charge in [-0.1, -0.05) is 18.7 Å². The molecule has 5 nitrogen and oxygen atoms in total. The Hall–Kier alpha value is -1.83. The molecule has 0 spiro atoms. The third kappa shape index (κ3) is 6.75. The van der Waals surface area contributed by atoms with Crippen molar-refractivity contribution in [1.29, 1.82) is 0 Å². The van der Waals surface area contributed by atoms with Crippen molar-refractivity contribution < 1.29 is 18.4 Å². The van der Waals surface area contributed by atoms with E-state index in [1.165, 1.54) is 24.3 Å². The highest BCUT2D eigenvalue weighted by Gasteiger charge is 2.14. The van der Waals surface area contributed by atoms with Gasteiger partial charge in [0.15, 0.2) is 0 Å². The molecule has 0 heterocycles. The monoisotopic (exact) mass is 331 g/mol. The fraction of sp³-hybridized carbons (Fsp3) is 0.429. The summed E-state index contributed by atoms with van der Waals surface area (Å²) in [6.07, 6.45) is 0.813. The van der Waals surface area contributed by atoms with Crippen LogP contribution in [0.2, 0.25) is 0 Å². The molecule has 0 unspecified atom stereocenters. The largest absolute Gasteiger partial charge is 0.354 e. The molecule has 0 saturated carbocycles. The summed E-state index contributed by atoms with van der Waals surface area (Å²) in [6, 6.07) is 4.82. The van der Waals surface area contributed by atoms with Crippen LogP contribution in [0, 0.1) is 0 Å². The topological polar surface area (TPSA) is 70.2 Å². The van der Waals surface area contributed by atoms with Crippen LogP contribution in [0.1, 0.15) is 20.3 Å². The molecule has 8 heteroatoms. The van der Waals surface area contributed by atoms with Crippen molar-refractivity contribution in [3.05, 3.63) is 24.3 Å². The van der Waals surface area contributed by atoms with E-state index in [9.17, 15) is 18.4 Å². The highest BCUT2D eigenvalue weighted by Crippen LogP contribution is 2.26. The predicted molar refractivity (Wildman–Crippen MR) is 83.2 cm³/mol. The molecular formula is C14H19F2N3O2S. The number of benzene rings is 1. The lowest BCUT2D eigenvalue weighted by molar-refractivity contribution is -0.122. The number of nitrogens with one attached hydrogen (secondary N) is 3. The van der Waals surface area contributed by atoms with Crippen LogP contribution < -0.4 is 16.0 Å². The van der Waals surface area contributed by atoms with Gasteiger partial charge in [0.25, 0.3) is 5.76 Å². The highest BCUT2D eigenvalue weighted by atomic mass is 32.2. The number of carbonyl (C=O) groups is 2. The van der Waals surface area contributed by atoms with Crippen LogP contribution in [0.25, 0.3) is 0 Å². The zero-order valence-corrected chi connectivity index (χ0v) is 13.2. The van der Waals surface area contributed by atoms with Crippen molar-refractivity contribution in [3.8, 4) is 0 Å². The zero-order chi connectivity index (χ0) is 16.5. The van der Waals surface area contributed by atoms with Gasteiger partial charge in [-0.3, -0.25) is 4.79 Å². The van der Waals surface area contributed by atoms with E-state index in [1.54, 1.807) is 6.92 Å². The average molecular weight is 331 g/mol.